The van der Waals surface area contributed by atoms with Crippen molar-refractivity contribution in [3.05, 3.63) is 70.5 Å². The molecule has 0 amide bonds. The van der Waals surface area contributed by atoms with Crippen LogP contribution in [0.1, 0.15) is 15.9 Å². The fourth-order valence-corrected chi connectivity index (χ4v) is 1.93. The van der Waals surface area contributed by atoms with Crippen LogP contribution in [0.15, 0.2) is 48.5 Å². The highest BCUT2D eigenvalue weighted by atomic mass is 35.5. The molecule has 0 atom stereocenters. The van der Waals surface area contributed by atoms with E-state index in [9.17, 15) is 9.18 Å². The van der Waals surface area contributed by atoms with E-state index in [1.54, 1.807) is 30.3 Å². The minimum Gasteiger partial charge on any atom is -0.497 e. The van der Waals surface area contributed by atoms with E-state index in [4.69, 9.17) is 16.3 Å². The highest BCUT2D eigenvalue weighted by Crippen LogP contribution is 2.21. The zero-order valence-corrected chi connectivity index (χ0v) is 11.5. The molecule has 0 aromatic heterocycles. The van der Waals surface area contributed by atoms with Crippen LogP contribution in [0.3, 0.4) is 0 Å². The molecule has 2 nitrogen and oxygen atoms in total. The minimum atomic E-state index is -0.466. The molecule has 0 aliphatic carbocycles. The summed E-state index contributed by atoms with van der Waals surface area (Å²) in [7, 11) is 1.53. The van der Waals surface area contributed by atoms with Crippen molar-refractivity contribution >= 4 is 23.5 Å². The number of allylic oxidation sites excluding steroid dienone is 1. The van der Waals surface area contributed by atoms with Gasteiger partial charge in [-0.3, -0.25) is 4.79 Å². The summed E-state index contributed by atoms with van der Waals surface area (Å²) in [6.45, 7) is 0. The van der Waals surface area contributed by atoms with Crippen molar-refractivity contribution in [3.63, 3.8) is 0 Å². The summed E-state index contributed by atoms with van der Waals surface area (Å²) < 4.78 is 18.6. The van der Waals surface area contributed by atoms with Gasteiger partial charge in [0, 0.05) is 11.1 Å². The molecule has 2 rings (SSSR count). The van der Waals surface area contributed by atoms with E-state index in [-0.39, 0.29) is 16.4 Å². The monoisotopic (exact) mass is 290 g/mol. The molecule has 0 bridgehead atoms. The van der Waals surface area contributed by atoms with Crippen LogP contribution in [0.25, 0.3) is 6.08 Å². The van der Waals surface area contributed by atoms with Gasteiger partial charge in [-0.2, -0.15) is 0 Å². The van der Waals surface area contributed by atoms with E-state index >= 15 is 0 Å². The van der Waals surface area contributed by atoms with Crippen LogP contribution < -0.4 is 4.74 Å². The number of carbonyl (C=O) groups excluding carboxylic acids is 1. The molecule has 0 fully saturated rings. The zero-order chi connectivity index (χ0) is 14.5. The van der Waals surface area contributed by atoms with Crippen LogP contribution in [-0.2, 0) is 0 Å². The largest absolute Gasteiger partial charge is 0.497 e. The molecule has 2 aromatic rings. The third kappa shape index (κ3) is 3.25. The Morgan fingerprint density at radius 2 is 2.00 bits per heavy atom. The number of hydrogen-bond donors (Lipinski definition) is 0. The van der Waals surface area contributed by atoms with E-state index in [0.29, 0.717) is 11.3 Å². The SMILES string of the molecule is COc1cccc(C(=O)/C=C\c2c(F)cccc2Cl)c1. The van der Waals surface area contributed by atoms with Gasteiger partial charge in [-0.05, 0) is 36.4 Å². The Labute approximate surface area is 121 Å². The molecule has 0 saturated heterocycles. The summed E-state index contributed by atoms with van der Waals surface area (Å²) in [5, 5.41) is 0.264. The number of methoxy groups -OCH3 is 1. The van der Waals surface area contributed by atoms with Gasteiger partial charge in [-0.1, -0.05) is 29.8 Å². The molecule has 0 unspecified atom stereocenters. The molecule has 0 N–H and O–H groups in total. The predicted octanol–water partition coefficient (Wildman–Crippen LogP) is 4.38. The predicted molar refractivity (Wildman–Crippen MR) is 77.8 cm³/mol. The van der Waals surface area contributed by atoms with Gasteiger partial charge in [0.25, 0.3) is 0 Å². The molecular weight excluding hydrogens is 279 g/mol. The van der Waals surface area contributed by atoms with Gasteiger partial charge in [-0.15, -0.1) is 0 Å². The molecule has 0 spiro atoms. The molecule has 0 radical (unpaired) electrons. The van der Waals surface area contributed by atoms with Crippen LogP contribution in [0, 0.1) is 5.82 Å². The third-order valence-corrected chi connectivity index (χ3v) is 3.08. The molecule has 0 aliphatic heterocycles. The molecule has 4 heteroatoms. The first kappa shape index (κ1) is 14.3. The van der Waals surface area contributed by atoms with Crippen molar-refractivity contribution in [1.29, 1.82) is 0 Å². The number of hydrogen-bond acceptors (Lipinski definition) is 2. The topological polar surface area (TPSA) is 26.3 Å². The summed E-state index contributed by atoms with van der Waals surface area (Å²) in [6.07, 6.45) is 2.67. The lowest BCUT2D eigenvalue weighted by Crippen LogP contribution is -1.95. The Bertz CT molecular complexity index is 645. The Hall–Kier alpha value is -2.13. The second-order valence-corrected chi connectivity index (χ2v) is 4.47. The Morgan fingerprint density at radius 3 is 2.70 bits per heavy atom. The number of carbonyl (C=O) groups is 1. The van der Waals surface area contributed by atoms with Crippen LogP contribution in [0.4, 0.5) is 4.39 Å². The number of ketones is 1. The molecule has 2 aromatic carbocycles. The lowest BCUT2D eigenvalue weighted by Gasteiger charge is -2.02. The standard InChI is InChI=1S/C16H12ClFO2/c1-20-12-5-2-4-11(10-12)16(19)9-8-13-14(17)6-3-7-15(13)18/h2-10H,1H3/b9-8-. The molecule has 102 valence electrons. The van der Waals surface area contributed by atoms with Gasteiger partial charge in [0.15, 0.2) is 5.78 Å². The summed E-state index contributed by atoms with van der Waals surface area (Å²) in [5.41, 5.74) is 0.665. The zero-order valence-electron chi connectivity index (χ0n) is 10.8. The van der Waals surface area contributed by atoms with Crippen LogP contribution in [0.2, 0.25) is 5.02 Å². The average molecular weight is 291 g/mol. The van der Waals surface area contributed by atoms with Gasteiger partial charge in [-0.25, -0.2) is 4.39 Å². The number of halogens is 2. The van der Waals surface area contributed by atoms with Crippen molar-refractivity contribution in [2.24, 2.45) is 0 Å². The van der Waals surface area contributed by atoms with Gasteiger partial charge in [0.1, 0.15) is 11.6 Å². The normalized spacial score (nSPS) is 10.8. The summed E-state index contributed by atoms with van der Waals surface area (Å²) >= 11 is 5.88. The average Bonchev–Trinajstić information content (AvgIpc) is 2.46. The Kier molecular flexibility index (Phi) is 4.53. The van der Waals surface area contributed by atoms with Crippen LogP contribution in [-0.4, -0.2) is 12.9 Å². The van der Waals surface area contributed by atoms with E-state index in [2.05, 4.69) is 0 Å². The fourth-order valence-electron chi connectivity index (χ4n) is 1.70. The summed E-state index contributed by atoms with van der Waals surface area (Å²) in [6, 6.07) is 11.1. The highest BCUT2D eigenvalue weighted by molar-refractivity contribution is 6.32. The van der Waals surface area contributed by atoms with Gasteiger partial charge in [0.05, 0.1) is 12.1 Å². The number of benzene rings is 2. The van der Waals surface area contributed by atoms with Gasteiger partial charge in [0.2, 0.25) is 0 Å². The van der Waals surface area contributed by atoms with Gasteiger partial charge >= 0.3 is 0 Å². The maximum Gasteiger partial charge on any atom is 0.185 e. The van der Waals surface area contributed by atoms with Crippen molar-refractivity contribution in [3.8, 4) is 5.75 Å². The molecule has 0 heterocycles. The second-order valence-electron chi connectivity index (χ2n) is 4.06. The van der Waals surface area contributed by atoms with E-state index in [1.807, 2.05) is 0 Å². The smallest absolute Gasteiger partial charge is 0.185 e. The lowest BCUT2D eigenvalue weighted by molar-refractivity contribution is 0.104. The Balaban J connectivity index is 2.25. The van der Waals surface area contributed by atoms with Crippen LogP contribution >= 0.6 is 11.6 Å². The van der Waals surface area contributed by atoms with Crippen LogP contribution in [0.5, 0.6) is 5.75 Å². The first-order valence-electron chi connectivity index (χ1n) is 5.92. The fraction of sp³-hybridized carbons (Fsp3) is 0.0625. The minimum absolute atomic E-state index is 0.199. The van der Waals surface area contributed by atoms with Crippen molar-refractivity contribution < 1.29 is 13.9 Å². The number of ether oxygens (including phenoxy) is 1. The van der Waals surface area contributed by atoms with E-state index in [0.717, 1.165) is 0 Å². The van der Waals surface area contributed by atoms with Crippen molar-refractivity contribution in [2.75, 3.05) is 7.11 Å². The Morgan fingerprint density at radius 1 is 1.25 bits per heavy atom. The highest BCUT2D eigenvalue weighted by Gasteiger charge is 2.06. The second kappa shape index (κ2) is 6.35. The number of rotatable bonds is 4. The molecular formula is C16H12ClFO2. The first-order chi connectivity index (χ1) is 9.61. The van der Waals surface area contributed by atoms with Gasteiger partial charge < -0.3 is 4.74 Å². The first-order valence-corrected chi connectivity index (χ1v) is 6.30. The van der Waals surface area contributed by atoms with Crippen molar-refractivity contribution in [2.45, 2.75) is 0 Å². The summed E-state index contributed by atoms with van der Waals surface area (Å²) in [4.78, 5) is 12.0. The van der Waals surface area contributed by atoms with Crippen molar-refractivity contribution in [1.82, 2.24) is 0 Å². The summed E-state index contributed by atoms with van der Waals surface area (Å²) in [5.74, 6) is -0.122. The van der Waals surface area contributed by atoms with E-state index in [1.165, 1.54) is 31.4 Å². The maximum atomic E-state index is 13.6. The maximum absolute atomic E-state index is 13.6. The third-order valence-electron chi connectivity index (χ3n) is 2.76. The molecule has 0 saturated carbocycles. The quantitative estimate of drug-likeness (QED) is 0.617. The molecule has 20 heavy (non-hydrogen) atoms. The van der Waals surface area contributed by atoms with E-state index < -0.39 is 5.82 Å². The lowest BCUT2D eigenvalue weighted by atomic mass is 10.1. The molecule has 0 aliphatic rings.